The summed E-state index contributed by atoms with van der Waals surface area (Å²) in [5.41, 5.74) is 0.135. The predicted octanol–water partition coefficient (Wildman–Crippen LogP) is -1.78. The average Bonchev–Trinajstić information content (AvgIpc) is 2.49. The lowest BCUT2D eigenvalue weighted by atomic mass is 10.2. The van der Waals surface area contributed by atoms with Gasteiger partial charge in [-0.2, -0.15) is 0 Å². The van der Waals surface area contributed by atoms with Crippen LogP contribution in [0, 0.1) is 0 Å². The molecule has 68 valence electrons. The zero-order chi connectivity index (χ0) is 7.83. The van der Waals surface area contributed by atoms with Gasteiger partial charge in [0.15, 0.2) is 0 Å². The van der Waals surface area contributed by atoms with Crippen LogP contribution in [0.3, 0.4) is 0 Å². The molecule has 0 aromatic rings. The number of epoxide rings is 1. The zero-order valence-corrected chi connectivity index (χ0v) is 8.61. The van der Waals surface area contributed by atoms with Crippen LogP contribution in [0.4, 0.5) is 0 Å². The highest BCUT2D eigenvalue weighted by Crippen LogP contribution is 2.34. The van der Waals surface area contributed by atoms with Crippen molar-refractivity contribution in [3.8, 4) is 0 Å². The van der Waals surface area contributed by atoms with E-state index in [1.54, 1.807) is 0 Å². The first-order valence-corrected chi connectivity index (χ1v) is 3.99. The molecule has 0 N–H and O–H groups in total. The van der Waals surface area contributed by atoms with Gasteiger partial charge in [0.2, 0.25) is 5.72 Å². The van der Waals surface area contributed by atoms with Gasteiger partial charge in [0.25, 0.3) is 0 Å². The predicted molar refractivity (Wildman–Crippen MR) is 41.6 cm³/mol. The van der Waals surface area contributed by atoms with Crippen LogP contribution in [0.2, 0.25) is 0 Å². The largest absolute Gasteiger partial charge is 1.00 e. The minimum Gasteiger partial charge on any atom is -1.00 e. The smallest absolute Gasteiger partial charge is 0.224 e. The summed E-state index contributed by atoms with van der Waals surface area (Å²) in [7, 11) is 4.47. The third kappa shape index (κ3) is 2.08. The van der Waals surface area contributed by atoms with Crippen molar-refractivity contribution in [3.63, 3.8) is 0 Å². The standard InChI is InChI=1S/C8H18NO.ClH/c1-5-6-9(3,4)8(2)7-10-8;/h5-7H2,1-4H3;1H/q+1;/p-1. The third-order valence-corrected chi connectivity index (χ3v) is 2.63. The van der Waals surface area contributed by atoms with Crippen molar-refractivity contribution in [1.29, 1.82) is 0 Å². The van der Waals surface area contributed by atoms with E-state index >= 15 is 0 Å². The second kappa shape index (κ2) is 3.30. The van der Waals surface area contributed by atoms with Gasteiger partial charge in [-0.05, 0) is 6.42 Å². The SMILES string of the molecule is CCC[N+](C)(C)C1(C)CO1.[Cl-]. The quantitative estimate of drug-likeness (QED) is 0.369. The number of likely N-dealkylation sites (N-methyl/N-ethyl adjacent to an activating group) is 1. The molecule has 1 unspecified atom stereocenters. The van der Waals surface area contributed by atoms with E-state index in [0.29, 0.717) is 0 Å². The molecular weight excluding hydrogens is 162 g/mol. The topological polar surface area (TPSA) is 12.5 Å². The molecule has 1 fully saturated rings. The summed E-state index contributed by atoms with van der Waals surface area (Å²) in [4.78, 5) is 0. The second-order valence-electron chi connectivity index (χ2n) is 3.87. The normalized spacial score (nSPS) is 29.5. The van der Waals surface area contributed by atoms with Crippen molar-refractivity contribution >= 4 is 0 Å². The van der Waals surface area contributed by atoms with Crippen molar-refractivity contribution in [2.45, 2.75) is 26.0 Å². The monoisotopic (exact) mass is 179 g/mol. The molecule has 1 aliphatic rings. The highest BCUT2D eigenvalue weighted by atomic mass is 35.5. The van der Waals surface area contributed by atoms with E-state index in [4.69, 9.17) is 4.74 Å². The van der Waals surface area contributed by atoms with Crippen LogP contribution in [-0.4, -0.2) is 37.5 Å². The van der Waals surface area contributed by atoms with Gasteiger partial charge in [0, 0.05) is 6.92 Å². The second-order valence-corrected chi connectivity index (χ2v) is 3.87. The molecule has 0 saturated carbocycles. The molecule has 3 heteroatoms. The van der Waals surface area contributed by atoms with E-state index in [-0.39, 0.29) is 18.1 Å². The molecule has 0 radical (unpaired) electrons. The zero-order valence-electron chi connectivity index (χ0n) is 7.85. The molecule has 1 heterocycles. The van der Waals surface area contributed by atoms with Crippen LogP contribution in [0.1, 0.15) is 20.3 Å². The fourth-order valence-electron chi connectivity index (χ4n) is 1.25. The Morgan fingerprint density at radius 2 is 1.91 bits per heavy atom. The molecule has 1 aliphatic heterocycles. The van der Waals surface area contributed by atoms with Crippen molar-refractivity contribution in [3.05, 3.63) is 0 Å². The number of ether oxygens (including phenoxy) is 1. The van der Waals surface area contributed by atoms with Gasteiger partial charge in [0.05, 0.1) is 20.6 Å². The van der Waals surface area contributed by atoms with Gasteiger partial charge < -0.3 is 17.1 Å². The van der Waals surface area contributed by atoms with Gasteiger partial charge in [-0.1, -0.05) is 6.92 Å². The average molecular weight is 180 g/mol. The molecule has 1 saturated heterocycles. The molecule has 0 aromatic carbocycles. The summed E-state index contributed by atoms with van der Waals surface area (Å²) in [5, 5.41) is 0. The number of hydrogen-bond donors (Lipinski definition) is 0. The van der Waals surface area contributed by atoms with Gasteiger partial charge in [-0.3, -0.25) is 4.48 Å². The molecule has 0 aromatic heterocycles. The maximum absolute atomic E-state index is 5.39. The lowest BCUT2D eigenvalue weighted by Crippen LogP contribution is -3.00. The number of nitrogens with zero attached hydrogens (tertiary/aromatic N) is 1. The Balaban J connectivity index is 0.000001000. The first-order chi connectivity index (χ1) is 4.52. The molecule has 2 nitrogen and oxygen atoms in total. The molecule has 0 amide bonds. The number of rotatable bonds is 3. The van der Waals surface area contributed by atoms with Crippen LogP contribution < -0.4 is 12.4 Å². The van der Waals surface area contributed by atoms with E-state index in [1.165, 1.54) is 13.0 Å². The van der Waals surface area contributed by atoms with E-state index in [0.717, 1.165) is 11.1 Å². The third-order valence-electron chi connectivity index (χ3n) is 2.63. The summed E-state index contributed by atoms with van der Waals surface area (Å²) in [5.74, 6) is 0. The molecule has 11 heavy (non-hydrogen) atoms. The van der Waals surface area contributed by atoms with Crippen LogP contribution in [0.5, 0.6) is 0 Å². The number of quaternary nitrogens is 1. The number of hydrogen-bond acceptors (Lipinski definition) is 1. The fourth-order valence-corrected chi connectivity index (χ4v) is 1.25. The summed E-state index contributed by atoms with van der Waals surface area (Å²) in [6.07, 6.45) is 1.23. The van der Waals surface area contributed by atoms with Gasteiger partial charge in [-0.15, -0.1) is 0 Å². The maximum Gasteiger partial charge on any atom is 0.224 e. The van der Waals surface area contributed by atoms with Crippen molar-refractivity contribution in [2.24, 2.45) is 0 Å². The van der Waals surface area contributed by atoms with Crippen LogP contribution in [0.25, 0.3) is 0 Å². The Kier molecular flexibility index (Phi) is 3.36. The maximum atomic E-state index is 5.39. The van der Waals surface area contributed by atoms with E-state index in [1.807, 2.05) is 0 Å². The van der Waals surface area contributed by atoms with Crippen LogP contribution in [0.15, 0.2) is 0 Å². The van der Waals surface area contributed by atoms with Gasteiger partial charge in [-0.25, -0.2) is 0 Å². The van der Waals surface area contributed by atoms with Crippen LogP contribution >= 0.6 is 0 Å². The fraction of sp³-hybridized carbons (Fsp3) is 1.00. The molecule has 0 spiro atoms. The molecule has 0 aliphatic carbocycles. The minimum absolute atomic E-state index is 0. The van der Waals surface area contributed by atoms with Crippen molar-refractivity contribution in [1.82, 2.24) is 0 Å². The Morgan fingerprint density at radius 3 is 2.18 bits per heavy atom. The minimum atomic E-state index is 0. The van der Waals surface area contributed by atoms with Crippen molar-refractivity contribution in [2.75, 3.05) is 27.2 Å². The Labute approximate surface area is 75.5 Å². The first kappa shape index (κ1) is 11.2. The highest BCUT2D eigenvalue weighted by Gasteiger charge is 2.53. The Hall–Kier alpha value is 0.210. The summed E-state index contributed by atoms with van der Waals surface area (Å²) in [6, 6.07) is 0. The molecule has 1 atom stereocenters. The Morgan fingerprint density at radius 1 is 1.45 bits per heavy atom. The highest BCUT2D eigenvalue weighted by molar-refractivity contribution is 4.75. The summed E-state index contributed by atoms with van der Waals surface area (Å²) in [6.45, 7) is 6.53. The van der Waals surface area contributed by atoms with Crippen molar-refractivity contribution < 1.29 is 21.6 Å². The molecule has 0 bridgehead atoms. The Bertz CT molecular complexity index is 132. The van der Waals surface area contributed by atoms with E-state index < -0.39 is 0 Å². The van der Waals surface area contributed by atoms with Crippen LogP contribution in [-0.2, 0) is 4.74 Å². The van der Waals surface area contributed by atoms with E-state index in [2.05, 4.69) is 27.9 Å². The molecule has 1 rings (SSSR count). The molecular formula is C8H18ClNO. The lowest BCUT2D eigenvalue weighted by Gasteiger charge is -2.33. The van der Waals surface area contributed by atoms with Gasteiger partial charge >= 0.3 is 0 Å². The first-order valence-electron chi connectivity index (χ1n) is 3.99. The van der Waals surface area contributed by atoms with Gasteiger partial charge in [0.1, 0.15) is 6.61 Å². The number of halogens is 1. The summed E-state index contributed by atoms with van der Waals surface area (Å²) < 4.78 is 6.39. The van der Waals surface area contributed by atoms with E-state index in [9.17, 15) is 0 Å². The summed E-state index contributed by atoms with van der Waals surface area (Å²) >= 11 is 0. The lowest BCUT2D eigenvalue weighted by molar-refractivity contribution is -0.935.